The number of carbonyl (C=O) groups is 1. The minimum absolute atomic E-state index is 0.0158. The largest absolute Gasteiger partial charge is 0.467 e. The summed E-state index contributed by atoms with van der Waals surface area (Å²) in [6.45, 7) is 7.05. The van der Waals surface area contributed by atoms with Gasteiger partial charge in [-0.05, 0) is 49.9 Å². The maximum Gasteiger partial charge on any atom is 0.341 e. The fourth-order valence-corrected chi connectivity index (χ4v) is 3.25. The van der Waals surface area contributed by atoms with Gasteiger partial charge in [0.1, 0.15) is 17.1 Å². The van der Waals surface area contributed by atoms with Crippen LogP contribution in [-0.4, -0.2) is 17.6 Å². The molecule has 0 aliphatic heterocycles. The lowest BCUT2D eigenvalue weighted by molar-refractivity contribution is 0.0526. The van der Waals surface area contributed by atoms with Gasteiger partial charge in [-0.15, -0.1) is 0 Å². The Kier molecular flexibility index (Phi) is 4.60. The Labute approximate surface area is 142 Å². The Morgan fingerprint density at radius 2 is 2.29 bits per heavy atom. The molecule has 1 aliphatic rings. The second-order valence-electron chi connectivity index (χ2n) is 6.78. The van der Waals surface area contributed by atoms with Gasteiger partial charge in [0.25, 0.3) is 0 Å². The van der Waals surface area contributed by atoms with Crippen LogP contribution < -0.4 is 5.32 Å². The van der Waals surface area contributed by atoms with E-state index in [2.05, 4.69) is 19.2 Å². The number of hydrogen-bond donors (Lipinski definition) is 1. The molecular formula is C19H24N2O3. The third-order valence-electron chi connectivity index (χ3n) is 4.50. The molecule has 2 heterocycles. The van der Waals surface area contributed by atoms with E-state index in [1.807, 2.05) is 25.1 Å². The lowest BCUT2D eigenvalue weighted by atomic mass is 9.75. The topological polar surface area (TPSA) is 64.4 Å². The highest BCUT2D eigenvalue weighted by molar-refractivity contribution is 5.95. The number of hydrogen-bond acceptors (Lipinski definition) is 5. The van der Waals surface area contributed by atoms with Gasteiger partial charge >= 0.3 is 5.97 Å². The van der Waals surface area contributed by atoms with Gasteiger partial charge in [-0.2, -0.15) is 0 Å². The van der Waals surface area contributed by atoms with Crippen LogP contribution in [0.1, 0.15) is 61.0 Å². The summed E-state index contributed by atoms with van der Waals surface area (Å²) in [5.74, 6) is 1.03. The minimum Gasteiger partial charge on any atom is -0.467 e. The van der Waals surface area contributed by atoms with Crippen molar-refractivity contribution in [1.29, 1.82) is 0 Å². The number of anilines is 1. The molecule has 0 saturated heterocycles. The highest BCUT2D eigenvalue weighted by atomic mass is 16.5. The Bertz CT molecular complexity index is 720. The first-order chi connectivity index (χ1) is 11.5. The highest BCUT2D eigenvalue weighted by Crippen LogP contribution is 2.37. The first-order valence-corrected chi connectivity index (χ1v) is 8.49. The maximum absolute atomic E-state index is 12.3. The Morgan fingerprint density at radius 1 is 1.46 bits per heavy atom. The molecule has 1 aliphatic carbocycles. The van der Waals surface area contributed by atoms with Gasteiger partial charge in [0.15, 0.2) is 0 Å². The second-order valence-corrected chi connectivity index (χ2v) is 6.78. The molecule has 3 rings (SSSR count). The molecule has 0 atom stereocenters. The maximum atomic E-state index is 12.3. The van der Waals surface area contributed by atoms with Crippen LogP contribution in [0.3, 0.4) is 0 Å². The minimum atomic E-state index is -0.335. The third-order valence-corrected chi connectivity index (χ3v) is 4.50. The summed E-state index contributed by atoms with van der Waals surface area (Å²) in [5.41, 5.74) is 2.74. The summed E-state index contributed by atoms with van der Waals surface area (Å²) >= 11 is 0. The van der Waals surface area contributed by atoms with Crippen LogP contribution in [0.25, 0.3) is 0 Å². The summed E-state index contributed by atoms with van der Waals surface area (Å²) in [6, 6.07) is 5.68. The summed E-state index contributed by atoms with van der Waals surface area (Å²) in [5, 5.41) is 3.24. The van der Waals surface area contributed by atoms with Crippen LogP contribution in [-0.2, 0) is 23.1 Å². The van der Waals surface area contributed by atoms with Crippen LogP contribution in [0.15, 0.2) is 28.9 Å². The zero-order valence-corrected chi connectivity index (χ0v) is 14.5. The van der Waals surface area contributed by atoms with Gasteiger partial charge in [0.2, 0.25) is 0 Å². The summed E-state index contributed by atoms with van der Waals surface area (Å²) in [4.78, 5) is 17.2. The molecule has 0 bridgehead atoms. The van der Waals surface area contributed by atoms with E-state index in [4.69, 9.17) is 14.1 Å². The molecule has 0 saturated carbocycles. The zero-order valence-electron chi connectivity index (χ0n) is 14.5. The average molecular weight is 328 g/mol. The average Bonchev–Trinajstić information content (AvgIpc) is 3.06. The number of nitrogens with zero attached hydrogens (tertiary/aromatic N) is 1. The molecular weight excluding hydrogens is 304 g/mol. The molecule has 2 aromatic rings. The Hall–Kier alpha value is -2.30. The number of aryl methyl sites for hydroxylation is 1. The van der Waals surface area contributed by atoms with Crippen LogP contribution in [0.4, 0.5) is 5.82 Å². The van der Waals surface area contributed by atoms with Gasteiger partial charge in [-0.1, -0.05) is 13.8 Å². The van der Waals surface area contributed by atoms with Crippen molar-refractivity contribution in [3.05, 3.63) is 47.0 Å². The van der Waals surface area contributed by atoms with Gasteiger partial charge in [-0.25, -0.2) is 9.78 Å². The molecule has 0 spiro atoms. The van der Waals surface area contributed by atoms with E-state index in [9.17, 15) is 4.79 Å². The highest BCUT2D eigenvalue weighted by Gasteiger charge is 2.31. The predicted octanol–water partition coefficient (Wildman–Crippen LogP) is 4.08. The van der Waals surface area contributed by atoms with Crippen molar-refractivity contribution in [2.75, 3.05) is 11.9 Å². The molecule has 24 heavy (non-hydrogen) atoms. The number of esters is 1. The molecule has 0 fully saturated rings. The number of ether oxygens (including phenoxy) is 1. The fourth-order valence-electron chi connectivity index (χ4n) is 3.25. The predicted molar refractivity (Wildman–Crippen MR) is 92.2 cm³/mol. The number of rotatable bonds is 5. The number of pyridine rings is 1. The van der Waals surface area contributed by atoms with E-state index in [0.29, 0.717) is 24.5 Å². The van der Waals surface area contributed by atoms with Crippen molar-refractivity contribution in [2.45, 2.75) is 52.0 Å². The van der Waals surface area contributed by atoms with Crippen LogP contribution in [0.5, 0.6) is 0 Å². The first kappa shape index (κ1) is 16.6. The van der Waals surface area contributed by atoms with Gasteiger partial charge < -0.3 is 14.5 Å². The van der Waals surface area contributed by atoms with E-state index in [1.54, 1.807) is 6.26 Å². The van der Waals surface area contributed by atoms with Crippen molar-refractivity contribution < 1.29 is 13.9 Å². The molecule has 5 nitrogen and oxygen atoms in total. The normalized spacial score (nSPS) is 15.6. The van der Waals surface area contributed by atoms with Crippen molar-refractivity contribution in [1.82, 2.24) is 4.98 Å². The second kappa shape index (κ2) is 6.67. The zero-order chi connectivity index (χ0) is 17.2. The summed E-state index contributed by atoms with van der Waals surface area (Å²) in [7, 11) is 0. The van der Waals surface area contributed by atoms with Crippen LogP contribution in [0, 0.1) is 0 Å². The Balaban J connectivity index is 1.97. The lowest BCUT2D eigenvalue weighted by Gasteiger charge is -2.32. The Morgan fingerprint density at radius 3 is 3.00 bits per heavy atom. The molecule has 0 amide bonds. The van der Waals surface area contributed by atoms with Crippen LogP contribution >= 0.6 is 0 Å². The van der Waals surface area contributed by atoms with Crippen molar-refractivity contribution in [3.8, 4) is 0 Å². The smallest absolute Gasteiger partial charge is 0.341 e. The molecule has 128 valence electrons. The van der Waals surface area contributed by atoms with Crippen molar-refractivity contribution >= 4 is 11.8 Å². The molecule has 0 radical (unpaired) electrons. The molecule has 0 aromatic carbocycles. The van der Waals surface area contributed by atoms with E-state index in [-0.39, 0.29) is 11.4 Å². The fraction of sp³-hybridized carbons (Fsp3) is 0.474. The number of fused-ring (bicyclic) bond motifs is 1. The van der Waals surface area contributed by atoms with E-state index >= 15 is 0 Å². The van der Waals surface area contributed by atoms with E-state index < -0.39 is 0 Å². The number of furan rings is 1. The molecule has 1 N–H and O–H groups in total. The first-order valence-electron chi connectivity index (χ1n) is 8.49. The number of carbonyl (C=O) groups excluding carboxylic acids is 1. The lowest BCUT2D eigenvalue weighted by Crippen LogP contribution is -2.27. The third kappa shape index (κ3) is 3.30. The monoisotopic (exact) mass is 328 g/mol. The van der Waals surface area contributed by atoms with Gasteiger partial charge in [-0.3, -0.25) is 0 Å². The van der Waals surface area contributed by atoms with Gasteiger partial charge in [0.05, 0.1) is 25.1 Å². The SMILES string of the molecule is CCOC(=O)c1cc2c(nc1NCc1ccco1)C(C)(C)CCC2. The molecule has 0 unspecified atom stereocenters. The van der Waals surface area contributed by atoms with Crippen molar-refractivity contribution in [3.63, 3.8) is 0 Å². The molecule has 5 heteroatoms. The van der Waals surface area contributed by atoms with Crippen molar-refractivity contribution in [2.24, 2.45) is 0 Å². The van der Waals surface area contributed by atoms with Crippen LogP contribution in [0.2, 0.25) is 0 Å². The summed E-state index contributed by atoms with van der Waals surface area (Å²) < 4.78 is 10.6. The standard InChI is InChI=1S/C19H24N2O3/c1-4-23-18(22)15-11-13-7-5-9-19(2,3)16(13)21-17(15)20-12-14-8-6-10-24-14/h6,8,10-11H,4-5,7,9,12H2,1-3H3,(H,20,21). The molecule has 2 aromatic heterocycles. The van der Waals surface area contributed by atoms with E-state index in [1.165, 1.54) is 0 Å². The van der Waals surface area contributed by atoms with E-state index in [0.717, 1.165) is 36.3 Å². The number of nitrogens with one attached hydrogen (secondary N) is 1. The quantitative estimate of drug-likeness (QED) is 0.838. The van der Waals surface area contributed by atoms with Gasteiger partial charge in [0, 0.05) is 5.41 Å². The number of aromatic nitrogens is 1. The summed E-state index contributed by atoms with van der Waals surface area (Å²) in [6.07, 6.45) is 4.80.